The van der Waals surface area contributed by atoms with Crippen molar-refractivity contribution in [2.45, 2.75) is 19.3 Å². The Kier molecular flexibility index (Phi) is 8.29. The number of aromatic nitrogens is 2. The lowest BCUT2D eigenvalue weighted by atomic mass is 9.80. The Balaban J connectivity index is 0.993. The number of nitrogens with zero attached hydrogens (tertiary/aromatic N) is 2. The van der Waals surface area contributed by atoms with Crippen LogP contribution in [-0.2, 0) is 5.41 Å². The number of fused-ring (bicyclic) bond motifs is 8. The molecule has 0 unspecified atom stereocenters. The highest BCUT2D eigenvalue weighted by molar-refractivity contribution is 6.23. The first-order valence-corrected chi connectivity index (χ1v) is 22.6. The van der Waals surface area contributed by atoms with Crippen LogP contribution in [0.25, 0.3) is 121 Å². The minimum Gasteiger partial charge on any atom is -0.228 e. The van der Waals surface area contributed by atoms with Crippen LogP contribution in [0.2, 0.25) is 0 Å². The number of hydrogen-bond acceptors (Lipinski definition) is 2. The summed E-state index contributed by atoms with van der Waals surface area (Å²) in [4.78, 5) is 10.7. The number of benzene rings is 11. The fourth-order valence-corrected chi connectivity index (χ4v) is 10.9. The zero-order valence-electron chi connectivity index (χ0n) is 36.2. The maximum Gasteiger partial charge on any atom is 0.160 e. The van der Waals surface area contributed by atoms with Gasteiger partial charge in [-0.2, -0.15) is 0 Å². The van der Waals surface area contributed by atoms with Gasteiger partial charge in [0.05, 0.1) is 11.4 Å². The molecule has 1 aliphatic rings. The van der Waals surface area contributed by atoms with Gasteiger partial charge in [-0.1, -0.05) is 214 Å². The molecule has 2 nitrogen and oxygen atoms in total. The lowest BCUT2D eigenvalue weighted by Gasteiger charge is -2.23. The molecule has 1 heterocycles. The van der Waals surface area contributed by atoms with Crippen LogP contribution in [0.4, 0.5) is 0 Å². The van der Waals surface area contributed by atoms with E-state index in [9.17, 15) is 0 Å². The van der Waals surface area contributed by atoms with Gasteiger partial charge in [0.1, 0.15) is 0 Å². The zero-order valence-corrected chi connectivity index (χ0v) is 36.2. The first-order chi connectivity index (χ1) is 32.0. The van der Waals surface area contributed by atoms with E-state index in [1.54, 1.807) is 0 Å². The molecule has 0 spiro atoms. The van der Waals surface area contributed by atoms with E-state index in [4.69, 9.17) is 9.97 Å². The SMILES string of the molecule is CC1(C)c2cc3ccccc3cc2-c2c(-c3c4ccccc4c(-c4ccc(-c5nc(-c6cccc7ccccc67)cc(-c6cccc7ccccc67)n5)cc4)c4ccccc34)cccc21. The van der Waals surface area contributed by atoms with Crippen molar-refractivity contribution in [1.29, 1.82) is 0 Å². The summed E-state index contributed by atoms with van der Waals surface area (Å²) in [6.45, 7) is 4.77. The molecule has 2 heteroatoms. The Morgan fingerprint density at radius 2 is 0.723 bits per heavy atom. The van der Waals surface area contributed by atoms with Gasteiger partial charge in [0.25, 0.3) is 0 Å². The van der Waals surface area contributed by atoms with Crippen LogP contribution < -0.4 is 0 Å². The lowest BCUT2D eigenvalue weighted by Crippen LogP contribution is -2.14. The van der Waals surface area contributed by atoms with E-state index in [0.29, 0.717) is 5.82 Å². The predicted octanol–water partition coefficient (Wildman–Crippen LogP) is 16.9. The second-order valence-electron chi connectivity index (χ2n) is 18.0. The summed E-state index contributed by atoms with van der Waals surface area (Å²) in [6.07, 6.45) is 0. The van der Waals surface area contributed by atoms with Crippen LogP contribution in [0.1, 0.15) is 25.0 Å². The van der Waals surface area contributed by atoms with Gasteiger partial charge in [0.2, 0.25) is 0 Å². The van der Waals surface area contributed by atoms with Crippen molar-refractivity contribution in [3.63, 3.8) is 0 Å². The number of rotatable bonds is 5. The summed E-state index contributed by atoms with van der Waals surface area (Å²) < 4.78 is 0. The van der Waals surface area contributed by atoms with Gasteiger partial charge < -0.3 is 0 Å². The molecule has 0 saturated carbocycles. The molecule has 13 rings (SSSR count). The van der Waals surface area contributed by atoms with E-state index < -0.39 is 0 Å². The van der Waals surface area contributed by atoms with E-state index in [0.717, 1.165) is 33.6 Å². The third-order valence-corrected chi connectivity index (χ3v) is 14.1. The molecule has 1 aliphatic carbocycles. The smallest absolute Gasteiger partial charge is 0.160 e. The molecule has 65 heavy (non-hydrogen) atoms. The molecule has 0 fully saturated rings. The van der Waals surface area contributed by atoms with Gasteiger partial charge in [-0.15, -0.1) is 0 Å². The van der Waals surface area contributed by atoms with Crippen LogP contribution in [0, 0.1) is 0 Å². The fourth-order valence-electron chi connectivity index (χ4n) is 10.9. The molecule has 0 N–H and O–H groups in total. The highest BCUT2D eigenvalue weighted by Crippen LogP contribution is 2.55. The Hall–Kier alpha value is -8.20. The Morgan fingerprint density at radius 3 is 1.29 bits per heavy atom. The molecular weight excluding hydrogens is 785 g/mol. The van der Waals surface area contributed by atoms with Gasteiger partial charge in [-0.05, 0) is 117 Å². The molecule has 304 valence electrons. The van der Waals surface area contributed by atoms with E-state index in [2.05, 4.69) is 232 Å². The minimum atomic E-state index is -0.133. The highest BCUT2D eigenvalue weighted by atomic mass is 14.9. The van der Waals surface area contributed by atoms with Crippen molar-refractivity contribution in [1.82, 2.24) is 9.97 Å². The second kappa shape index (κ2) is 14.4. The van der Waals surface area contributed by atoms with Gasteiger partial charge in [0, 0.05) is 22.1 Å². The molecule has 12 aromatic rings. The van der Waals surface area contributed by atoms with Crippen LogP contribution >= 0.6 is 0 Å². The average molecular weight is 827 g/mol. The van der Waals surface area contributed by atoms with Gasteiger partial charge in [-0.25, -0.2) is 9.97 Å². The topological polar surface area (TPSA) is 25.8 Å². The van der Waals surface area contributed by atoms with Crippen molar-refractivity contribution in [2.24, 2.45) is 0 Å². The summed E-state index contributed by atoms with van der Waals surface area (Å²) in [6, 6.07) is 79.7. The first kappa shape index (κ1) is 37.4. The summed E-state index contributed by atoms with van der Waals surface area (Å²) in [5, 5.41) is 12.2. The van der Waals surface area contributed by atoms with Gasteiger partial charge >= 0.3 is 0 Å². The lowest BCUT2D eigenvalue weighted by molar-refractivity contribution is 0.661. The third kappa shape index (κ3) is 5.81. The predicted molar refractivity (Wildman–Crippen MR) is 274 cm³/mol. The standard InChI is InChI=1S/C63H42N2/c1-63(2)55-31-15-30-53(61(55)54-36-43-18-3-4-19-44(43)37-56(54)63)60-51-26-11-9-24-49(51)59(50-25-10-12-27-52(50)60)41-32-34-42(35-33-41)62-64-57(47-28-13-20-39-16-5-7-22-45(39)47)38-58(65-62)48-29-14-21-40-17-6-8-23-46(40)48/h3-38H,1-2H3. The van der Waals surface area contributed by atoms with Crippen molar-refractivity contribution in [3.8, 4) is 67.3 Å². The van der Waals surface area contributed by atoms with Crippen LogP contribution in [0.15, 0.2) is 218 Å². The van der Waals surface area contributed by atoms with Gasteiger partial charge in [0.15, 0.2) is 5.82 Å². The Bertz CT molecular complexity index is 3750. The van der Waals surface area contributed by atoms with Crippen molar-refractivity contribution in [2.75, 3.05) is 0 Å². The van der Waals surface area contributed by atoms with Crippen LogP contribution in [0.5, 0.6) is 0 Å². The second-order valence-corrected chi connectivity index (χ2v) is 18.0. The van der Waals surface area contributed by atoms with Crippen molar-refractivity contribution in [3.05, 3.63) is 230 Å². The Labute approximate surface area is 378 Å². The average Bonchev–Trinajstić information content (AvgIpc) is 3.59. The molecule has 0 bridgehead atoms. The summed E-state index contributed by atoms with van der Waals surface area (Å²) in [5.41, 5.74) is 15.2. The summed E-state index contributed by atoms with van der Waals surface area (Å²) >= 11 is 0. The van der Waals surface area contributed by atoms with Gasteiger partial charge in [-0.3, -0.25) is 0 Å². The van der Waals surface area contributed by atoms with Crippen LogP contribution in [-0.4, -0.2) is 9.97 Å². The first-order valence-electron chi connectivity index (χ1n) is 22.6. The molecule has 0 saturated heterocycles. The summed E-state index contributed by atoms with van der Waals surface area (Å²) in [5.74, 6) is 0.698. The monoisotopic (exact) mass is 826 g/mol. The van der Waals surface area contributed by atoms with Crippen molar-refractivity contribution < 1.29 is 0 Å². The molecule has 0 radical (unpaired) electrons. The normalized spacial score (nSPS) is 12.9. The zero-order chi connectivity index (χ0) is 43.2. The van der Waals surface area contributed by atoms with E-state index >= 15 is 0 Å². The number of hydrogen-bond donors (Lipinski definition) is 0. The van der Waals surface area contributed by atoms with Crippen LogP contribution in [0.3, 0.4) is 0 Å². The Morgan fingerprint density at radius 1 is 0.292 bits per heavy atom. The molecule has 0 amide bonds. The quantitative estimate of drug-likeness (QED) is 0.162. The third-order valence-electron chi connectivity index (χ3n) is 14.1. The maximum absolute atomic E-state index is 5.34. The minimum absolute atomic E-state index is 0.133. The molecule has 1 aromatic heterocycles. The van der Waals surface area contributed by atoms with E-state index in [1.165, 1.54) is 92.8 Å². The largest absolute Gasteiger partial charge is 0.228 e. The maximum atomic E-state index is 5.34. The van der Waals surface area contributed by atoms with E-state index in [1.807, 2.05) is 0 Å². The fraction of sp³-hybridized carbons (Fsp3) is 0.0476. The molecule has 11 aromatic carbocycles. The molecule has 0 aliphatic heterocycles. The highest BCUT2D eigenvalue weighted by Gasteiger charge is 2.37. The molecular formula is C63H42N2. The molecule has 0 atom stereocenters. The van der Waals surface area contributed by atoms with Crippen molar-refractivity contribution >= 4 is 53.9 Å². The summed E-state index contributed by atoms with van der Waals surface area (Å²) in [7, 11) is 0. The van der Waals surface area contributed by atoms with E-state index in [-0.39, 0.29) is 5.41 Å².